The van der Waals surface area contributed by atoms with Crippen molar-refractivity contribution < 1.29 is 13.9 Å². The van der Waals surface area contributed by atoms with Crippen LogP contribution in [0.4, 0.5) is 5.69 Å². The lowest BCUT2D eigenvalue weighted by molar-refractivity contribution is -0.118. The van der Waals surface area contributed by atoms with Crippen molar-refractivity contribution in [2.45, 2.75) is 6.92 Å². The molecule has 0 aliphatic rings. The van der Waals surface area contributed by atoms with Crippen LogP contribution in [0.1, 0.15) is 11.1 Å². The van der Waals surface area contributed by atoms with E-state index in [9.17, 15) is 9.59 Å². The summed E-state index contributed by atoms with van der Waals surface area (Å²) in [6.07, 6.45) is 1.49. The van der Waals surface area contributed by atoms with E-state index in [2.05, 4.69) is 26.3 Å². The Bertz CT molecular complexity index is 1990. The number of ether oxygens (including phenoxy) is 1. The normalized spacial score (nSPS) is 11.4. The molecule has 6 aromatic rings. The molecule has 2 aromatic heterocycles. The average molecular weight is 642 g/mol. The Morgan fingerprint density at radius 2 is 1.83 bits per heavy atom. The van der Waals surface area contributed by atoms with Crippen molar-refractivity contribution >= 4 is 67.2 Å². The highest BCUT2D eigenvalue weighted by molar-refractivity contribution is 9.10. The molecule has 0 fully saturated rings. The smallest absolute Gasteiger partial charge is 0.282 e. The second kappa shape index (κ2) is 11.6. The minimum absolute atomic E-state index is 0.237. The number of carbonyl (C=O) groups excluding carboxylic acids is 1. The van der Waals surface area contributed by atoms with Crippen LogP contribution in [0, 0.1) is 6.92 Å². The number of amides is 1. The highest BCUT2D eigenvalue weighted by atomic mass is 79.9. The van der Waals surface area contributed by atoms with Gasteiger partial charge in [-0.1, -0.05) is 59.6 Å². The number of nitrogens with one attached hydrogen (secondary N) is 1. The number of fused-ring (bicyclic) bond motifs is 2. The molecule has 208 valence electrons. The van der Waals surface area contributed by atoms with Gasteiger partial charge < -0.3 is 14.5 Å². The van der Waals surface area contributed by atoms with Gasteiger partial charge in [-0.3, -0.25) is 9.59 Å². The number of nitrogens with zero attached hydrogens (tertiary/aromatic N) is 3. The number of hydrogen-bond acceptors (Lipinski definition) is 6. The molecule has 0 bridgehead atoms. The topological polar surface area (TPSA) is 98.7 Å². The van der Waals surface area contributed by atoms with Crippen LogP contribution in [-0.4, -0.2) is 28.4 Å². The third-order valence-corrected chi connectivity index (χ3v) is 7.30. The monoisotopic (exact) mass is 640 g/mol. The van der Waals surface area contributed by atoms with E-state index in [1.807, 2.05) is 67.6 Å². The van der Waals surface area contributed by atoms with Gasteiger partial charge in [0.25, 0.3) is 11.5 Å². The fourth-order valence-corrected chi connectivity index (χ4v) is 5.36. The van der Waals surface area contributed by atoms with E-state index in [1.54, 1.807) is 30.3 Å². The summed E-state index contributed by atoms with van der Waals surface area (Å²) < 4.78 is 13.4. The van der Waals surface area contributed by atoms with Gasteiger partial charge in [0, 0.05) is 11.1 Å². The van der Waals surface area contributed by atoms with Crippen molar-refractivity contribution in [3.63, 3.8) is 0 Å². The van der Waals surface area contributed by atoms with E-state index < -0.39 is 0 Å². The number of halogens is 2. The number of anilines is 1. The molecular weight excluding hydrogens is 620 g/mol. The number of benzene rings is 4. The van der Waals surface area contributed by atoms with Crippen LogP contribution in [0.3, 0.4) is 0 Å². The number of carbonyl (C=O) groups is 1. The minimum Gasteiger partial charge on any atom is -0.481 e. The molecule has 0 radical (unpaired) electrons. The molecule has 0 spiro atoms. The Morgan fingerprint density at radius 1 is 1.07 bits per heavy atom. The van der Waals surface area contributed by atoms with Crippen molar-refractivity contribution in [2.24, 2.45) is 5.10 Å². The fourth-order valence-electron chi connectivity index (χ4n) is 4.37. The summed E-state index contributed by atoms with van der Waals surface area (Å²) in [6.45, 7) is 1.73. The Hall–Kier alpha value is -4.73. The largest absolute Gasteiger partial charge is 0.481 e. The Labute approximate surface area is 253 Å². The highest BCUT2D eigenvalue weighted by Crippen LogP contribution is 2.34. The third-order valence-electron chi connectivity index (χ3n) is 6.43. The summed E-state index contributed by atoms with van der Waals surface area (Å²) in [7, 11) is 0. The lowest BCUT2D eigenvalue weighted by atomic mass is 10.2. The number of para-hydroxylation sites is 2. The molecule has 42 heavy (non-hydrogen) atoms. The molecule has 0 aliphatic carbocycles. The van der Waals surface area contributed by atoms with E-state index in [4.69, 9.17) is 25.7 Å². The molecular formula is C32H22BrClN4O4. The third kappa shape index (κ3) is 5.70. The van der Waals surface area contributed by atoms with Crippen molar-refractivity contribution in [3.05, 3.63) is 122 Å². The van der Waals surface area contributed by atoms with Crippen LogP contribution < -0.4 is 15.6 Å². The zero-order valence-electron chi connectivity index (χ0n) is 22.2. The van der Waals surface area contributed by atoms with Gasteiger partial charge >= 0.3 is 0 Å². The number of hydrogen-bond donors (Lipinski definition) is 1. The molecule has 0 aliphatic heterocycles. The average Bonchev–Trinajstić information content (AvgIpc) is 3.42. The first-order valence-electron chi connectivity index (χ1n) is 12.9. The summed E-state index contributed by atoms with van der Waals surface area (Å²) in [5.74, 6) is 0.646. The molecule has 0 saturated carbocycles. The van der Waals surface area contributed by atoms with Crippen LogP contribution in [0.2, 0.25) is 5.02 Å². The van der Waals surface area contributed by atoms with Crippen molar-refractivity contribution in [2.75, 3.05) is 11.9 Å². The minimum atomic E-state index is -0.350. The lowest BCUT2D eigenvalue weighted by Gasteiger charge is -2.12. The van der Waals surface area contributed by atoms with Gasteiger partial charge in [-0.25, -0.2) is 4.98 Å². The van der Waals surface area contributed by atoms with Crippen molar-refractivity contribution in [1.29, 1.82) is 0 Å². The molecule has 0 unspecified atom stereocenters. The first kappa shape index (κ1) is 27.4. The van der Waals surface area contributed by atoms with Crippen molar-refractivity contribution in [3.8, 4) is 17.3 Å². The number of furan rings is 1. The fraction of sp³-hybridized carbons (Fsp3) is 0.0625. The van der Waals surface area contributed by atoms with Gasteiger partial charge in [0.2, 0.25) is 5.82 Å². The molecule has 0 saturated heterocycles. The van der Waals surface area contributed by atoms with Gasteiger partial charge in [-0.05, 0) is 76.9 Å². The summed E-state index contributed by atoms with van der Waals surface area (Å²) in [4.78, 5) is 30.6. The van der Waals surface area contributed by atoms with E-state index in [0.29, 0.717) is 43.7 Å². The van der Waals surface area contributed by atoms with Gasteiger partial charge in [-0.15, -0.1) is 0 Å². The SMILES string of the molecule is Cc1ccc(NC(=O)COc2c(Cl)cc(C=Nn3c(-c4cc5ccccc5o4)nc4ccccc4c3=O)cc2Br)cc1. The first-order valence-corrected chi connectivity index (χ1v) is 14.1. The maximum Gasteiger partial charge on any atom is 0.282 e. The zero-order valence-corrected chi connectivity index (χ0v) is 24.5. The van der Waals surface area contributed by atoms with E-state index in [1.165, 1.54) is 10.9 Å². The van der Waals surface area contributed by atoms with Crippen LogP contribution in [-0.2, 0) is 4.79 Å². The molecule has 0 atom stereocenters. The molecule has 8 nitrogen and oxygen atoms in total. The predicted molar refractivity (Wildman–Crippen MR) is 169 cm³/mol. The molecule has 6 rings (SSSR count). The molecule has 1 N–H and O–H groups in total. The molecule has 1 amide bonds. The van der Waals surface area contributed by atoms with E-state index in [0.717, 1.165) is 10.9 Å². The molecule has 10 heteroatoms. The van der Waals surface area contributed by atoms with Gasteiger partial charge in [0.15, 0.2) is 18.1 Å². The Kier molecular flexibility index (Phi) is 7.60. The zero-order chi connectivity index (χ0) is 29.2. The summed E-state index contributed by atoms with van der Waals surface area (Å²) in [5, 5.41) is 8.82. The van der Waals surface area contributed by atoms with Gasteiger partial charge in [-0.2, -0.15) is 9.78 Å². The summed E-state index contributed by atoms with van der Waals surface area (Å²) in [5.41, 5.74) is 3.20. The van der Waals surface area contributed by atoms with Crippen LogP contribution >= 0.6 is 27.5 Å². The summed E-state index contributed by atoms with van der Waals surface area (Å²) in [6, 6.07) is 27.3. The van der Waals surface area contributed by atoms with E-state index in [-0.39, 0.29) is 28.9 Å². The van der Waals surface area contributed by atoms with Crippen molar-refractivity contribution in [1.82, 2.24) is 9.66 Å². The van der Waals surface area contributed by atoms with E-state index >= 15 is 0 Å². The Morgan fingerprint density at radius 3 is 2.62 bits per heavy atom. The number of rotatable bonds is 7. The first-order chi connectivity index (χ1) is 20.4. The Balaban J connectivity index is 1.28. The van der Waals surface area contributed by atoms with Gasteiger partial charge in [0.1, 0.15) is 5.58 Å². The van der Waals surface area contributed by atoms with Crippen LogP contribution in [0.5, 0.6) is 5.75 Å². The van der Waals surface area contributed by atoms with Gasteiger partial charge in [0.05, 0.1) is 26.6 Å². The maximum atomic E-state index is 13.5. The highest BCUT2D eigenvalue weighted by Gasteiger charge is 2.17. The quantitative estimate of drug-likeness (QED) is 0.183. The second-order valence-corrected chi connectivity index (χ2v) is 10.7. The van der Waals surface area contributed by atoms with Crippen LogP contribution in [0.25, 0.3) is 33.5 Å². The van der Waals surface area contributed by atoms with Crippen LogP contribution in [0.15, 0.2) is 110 Å². The predicted octanol–water partition coefficient (Wildman–Crippen LogP) is 7.43. The lowest BCUT2D eigenvalue weighted by Crippen LogP contribution is -2.20. The number of aryl methyl sites for hydroxylation is 1. The molecule has 4 aromatic carbocycles. The maximum absolute atomic E-state index is 13.5. The number of aromatic nitrogens is 2. The summed E-state index contributed by atoms with van der Waals surface area (Å²) >= 11 is 9.98. The molecule has 2 heterocycles. The standard InChI is InChI=1S/C32H22BrClN4O4/c1-19-10-12-22(13-11-19)36-29(39)18-41-30-24(33)14-20(15-25(30)34)17-35-38-31(28-16-21-6-2-5-9-27(21)42-28)37-26-8-4-3-7-23(26)32(38)40/h2-17H,18H2,1H3,(H,36,39). The second-order valence-electron chi connectivity index (χ2n) is 9.48.